The summed E-state index contributed by atoms with van der Waals surface area (Å²) in [5.41, 5.74) is 0. The lowest BCUT2D eigenvalue weighted by Gasteiger charge is -2.27. The lowest BCUT2D eigenvalue weighted by molar-refractivity contribution is -0.122. The van der Waals surface area contributed by atoms with Crippen LogP contribution in [0.2, 0.25) is 0 Å². The second kappa shape index (κ2) is 7.10. The number of hydrogen-bond donors (Lipinski definition) is 2. The average Bonchev–Trinajstić information content (AvgIpc) is 2.71. The zero-order chi connectivity index (χ0) is 12.8. The largest absolute Gasteiger partial charge is 0.396 e. The molecule has 0 aromatic heterocycles. The number of rotatable bonds is 7. The average molecular weight is 254 g/mol. The normalized spacial score (nSPS) is 25.1. The van der Waals surface area contributed by atoms with E-state index in [4.69, 9.17) is 5.11 Å². The molecule has 1 amide bonds. The van der Waals surface area contributed by atoms with E-state index in [2.05, 4.69) is 10.2 Å². The van der Waals surface area contributed by atoms with Crippen molar-refractivity contribution in [3.8, 4) is 0 Å². The predicted molar refractivity (Wildman–Crippen MR) is 71.3 cm³/mol. The van der Waals surface area contributed by atoms with Gasteiger partial charge in [-0.25, -0.2) is 0 Å². The summed E-state index contributed by atoms with van der Waals surface area (Å²) >= 11 is 0. The van der Waals surface area contributed by atoms with E-state index in [-0.39, 0.29) is 12.5 Å². The van der Waals surface area contributed by atoms with Crippen LogP contribution in [0.15, 0.2) is 0 Å². The first-order valence-electron chi connectivity index (χ1n) is 7.41. The van der Waals surface area contributed by atoms with Gasteiger partial charge in [0.15, 0.2) is 0 Å². The Hall–Kier alpha value is -0.610. The van der Waals surface area contributed by atoms with Gasteiger partial charge < -0.3 is 10.4 Å². The van der Waals surface area contributed by atoms with Gasteiger partial charge in [-0.05, 0) is 51.0 Å². The van der Waals surface area contributed by atoms with Gasteiger partial charge >= 0.3 is 0 Å². The fourth-order valence-corrected chi connectivity index (χ4v) is 2.95. The molecular formula is C14H26N2O2. The molecule has 0 spiro atoms. The molecule has 1 atom stereocenters. The highest BCUT2D eigenvalue weighted by atomic mass is 16.3. The summed E-state index contributed by atoms with van der Waals surface area (Å²) in [5.74, 6) is 0.913. The van der Waals surface area contributed by atoms with Crippen LogP contribution in [0, 0.1) is 5.92 Å². The maximum absolute atomic E-state index is 11.9. The SMILES string of the molecule is O=C(CN1CCCC1CCCO)NCC1CCC1. The molecule has 2 fully saturated rings. The van der Waals surface area contributed by atoms with Crippen LogP contribution in [-0.4, -0.2) is 48.2 Å². The number of likely N-dealkylation sites (tertiary alicyclic amines) is 1. The second-order valence-electron chi connectivity index (χ2n) is 5.73. The summed E-state index contributed by atoms with van der Waals surface area (Å²) in [6.07, 6.45) is 8.13. The van der Waals surface area contributed by atoms with Gasteiger partial charge in [0.25, 0.3) is 0 Å². The number of hydrogen-bond acceptors (Lipinski definition) is 3. The van der Waals surface area contributed by atoms with E-state index in [0.717, 1.165) is 31.8 Å². The molecule has 1 aliphatic heterocycles. The second-order valence-corrected chi connectivity index (χ2v) is 5.73. The monoisotopic (exact) mass is 254 g/mol. The third-order valence-electron chi connectivity index (χ3n) is 4.35. The molecule has 0 aromatic carbocycles. The van der Waals surface area contributed by atoms with Gasteiger partial charge in [-0.15, -0.1) is 0 Å². The topological polar surface area (TPSA) is 52.6 Å². The number of nitrogens with zero attached hydrogens (tertiary/aromatic N) is 1. The van der Waals surface area contributed by atoms with Crippen LogP contribution in [0.1, 0.15) is 44.9 Å². The third-order valence-corrected chi connectivity index (χ3v) is 4.35. The summed E-state index contributed by atoms with van der Waals surface area (Å²) in [6.45, 7) is 2.71. The zero-order valence-electron chi connectivity index (χ0n) is 11.2. The Morgan fingerprint density at radius 2 is 2.11 bits per heavy atom. The van der Waals surface area contributed by atoms with E-state index < -0.39 is 0 Å². The smallest absolute Gasteiger partial charge is 0.234 e. The number of amides is 1. The maximum atomic E-state index is 11.9. The molecule has 18 heavy (non-hydrogen) atoms. The van der Waals surface area contributed by atoms with Crippen molar-refractivity contribution in [2.45, 2.75) is 51.0 Å². The number of carbonyl (C=O) groups is 1. The van der Waals surface area contributed by atoms with Crippen molar-refractivity contribution >= 4 is 5.91 Å². The molecule has 0 bridgehead atoms. The first-order valence-corrected chi connectivity index (χ1v) is 7.41. The van der Waals surface area contributed by atoms with Gasteiger partial charge in [0.1, 0.15) is 0 Å². The first-order chi connectivity index (χ1) is 8.79. The first kappa shape index (κ1) is 13.8. The van der Waals surface area contributed by atoms with Crippen molar-refractivity contribution in [1.29, 1.82) is 0 Å². The molecule has 2 N–H and O–H groups in total. The summed E-state index contributed by atoms with van der Waals surface area (Å²) in [7, 11) is 0. The Balaban J connectivity index is 1.64. The number of carbonyl (C=O) groups excluding carboxylic acids is 1. The molecule has 4 nitrogen and oxygen atoms in total. The Bertz CT molecular complexity index is 267. The van der Waals surface area contributed by atoms with Crippen LogP contribution in [-0.2, 0) is 4.79 Å². The lowest BCUT2D eigenvalue weighted by atomic mass is 9.85. The van der Waals surface area contributed by atoms with Crippen molar-refractivity contribution in [2.24, 2.45) is 5.92 Å². The molecule has 2 rings (SSSR count). The van der Waals surface area contributed by atoms with Crippen molar-refractivity contribution in [3.63, 3.8) is 0 Å². The minimum atomic E-state index is 0.179. The fourth-order valence-electron chi connectivity index (χ4n) is 2.95. The van der Waals surface area contributed by atoms with E-state index in [1.165, 1.54) is 32.1 Å². The van der Waals surface area contributed by atoms with Crippen molar-refractivity contribution < 1.29 is 9.90 Å². The summed E-state index contributed by atoms with van der Waals surface area (Å²) in [5, 5.41) is 11.9. The van der Waals surface area contributed by atoms with Crippen LogP contribution < -0.4 is 5.32 Å². The molecule has 0 radical (unpaired) electrons. The third kappa shape index (κ3) is 3.95. The molecule has 4 heteroatoms. The maximum Gasteiger partial charge on any atom is 0.234 e. The van der Waals surface area contributed by atoms with E-state index in [1.807, 2.05) is 0 Å². The zero-order valence-corrected chi connectivity index (χ0v) is 11.2. The minimum absolute atomic E-state index is 0.179. The molecule has 1 saturated heterocycles. The molecule has 1 unspecified atom stereocenters. The Morgan fingerprint density at radius 3 is 2.78 bits per heavy atom. The van der Waals surface area contributed by atoms with Crippen molar-refractivity contribution in [3.05, 3.63) is 0 Å². The Labute approximate surface area is 110 Å². The van der Waals surface area contributed by atoms with Gasteiger partial charge in [-0.3, -0.25) is 9.69 Å². The Kier molecular flexibility index (Phi) is 5.45. The lowest BCUT2D eigenvalue weighted by Crippen LogP contribution is -2.42. The van der Waals surface area contributed by atoms with Crippen LogP contribution >= 0.6 is 0 Å². The number of aliphatic hydroxyl groups excluding tert-OH is 1. The fraction of sp³-hybridized carbons (Fsp3) is 0.929. The molecule has 104 valence electrons. The van der Waals surface area contributed by atoms with E-state index in [0.29, 0.717) is 12.6 Å². The quantitative estimate of drug-likeness (QED) is 0.716. The number of nitrogens with one attached hydrogen (secondary N) is 1. The highest BCUT2D eigenvalue weighted by molar-refractivity contribution is 5.78. The minimum Gasteiger partial charge on any atom is -0.396 e. The molecule has 1 heterocycles. The summed E-state index contributed by atoms with van der Waals surface area (Å²) in [4.78, 5) is 14.1. The van der Waals surface area contributed by atoms with E-state index in [9.17, 15) is 4.79 Å². The summed E-state index contributed by atoms with van der Waals surface area (Å²) < 4.78 is 0. The standard InChI is InChI=1S/C14H26N2O2/c17-9-3-7-13-6-2-8-16(13)11-14(18)15-10-12-4-1-5-12/h12-13,17H,1-11H2,(H,15,18). The Morgan fingerprint density at radius 1 is 1.28 bits per heavy atom. The van der Waals surface area contributed by atoms with E-state index >= 15 is 0 Å². The molecule has 0 aromatic rings. The van der Waals surface area contributed by atoms with Crippen LogP contribution in [0.3, 0.4) is 0 Å². The van der Waals surface area contributed by atoms with Crippen molar-refractivity contribution in [1.82, 2.24) is 10.2 Å². The van der Waals surface area contributed by atoms with E-state index in [1.54, 1.807) is 0 Å². The molecular weight excluding hydrogens is 228 g/mol. The van der Waals surface area contributed by atoms with Crippen LogP contribution in [0.4, 0.5) is 0 Å². The number of aliphatic hydroxyl groups is 1. The predicted octanol–water partition coefficient (Wildman–Crippen LogP) is 1.14. The molecule has 1 saturated carbocycles. The summed E-state index contributed by atoms with van der Waals surface area (Å²) in [6, 6.07) is 0.506. The van der Waals surface area contributed by atoms with Crippen molar-refractivity contribution in [2.75, 3.05) is 26.2 Å². The van der Waals surface area contributed by atoms with Crippen LogP contribution in [0.5, 0.6) is 0 Å². The van der Waals surface area contributed by atoms with Gasteiger partial charge in [-0.1, -0.05) is 6.42 Å². The highest BCUT2D eigenvalue weighted by Crippen LogP contribution is 2.25. The van der Waals surface area contributed by atoms with Gasteiger partial charge in [-0.2, -0.15) is 0 Å². The van der Waals surface area contributed by atoms with Gasteiger partial charge in [0.05, 0.1) is 6.54 Å². The highest BCUT2D eigenvalue weighted by Gasteiger charge is 2.26. The molecule has 1 aliphatic carbocycles. The van der Waals surface area contributed by atoms with Gasteiger partial charge in [0, 0.05) is 19.2 Å². The van der Waals surface area contributed by atoms with Gasteiger partial charge in [0.2, 0.25) is 5.91 Å². The molecule has 2 aliphatic rings. The van der Waals surface area contributed by atoms with Crippen LogP contribution in [0.25, 0.3) is 0 Å².